The molecule has 0 saturated carbocycles. The number of rotatable bonds is 1. The number of nitrogens with one attached hydrogen (secondary N) is 1. The molecular weight excluding hydrogens is 234 g/mol. The zero-order chi connectivity index (χ0) is 11.9. The molecule has 2 aliphatic rings. The van der Waals surface area contributed by atoms with E-state index in [1.165, 1.54) is 0 Å². The highest BCUT2D eigenvalue weighted by Gasteiger charge is 2.46. The number of fused-ring (bicyclic) bond motifs is 1. The molecule has 1 aromatic rings. The predicted octanol–water partition coefficient (Wildman–Crippen LogP) is 1.44. The fraction of sp³-hybridized carbons (Fsp3) is 0.333. The van der Waals surface area contributed by atoms with Gasteiger partial charge in [-0.2, -0.15) is 0 Å². The predicted molar refractivity (Wildman–Crippen MR) is 69.6 cm³/mol. The Labute approximate surface area is 105 Å². The third-order valence-corrected chi connectivity index (χ3v) is 3.54. The lowest BCUT2D eigenvalue weighted by molar-refractivity contribution is 0.116. The number of hydrogen-bond donors (Lipinski definition) is 1. The SMILES string of the molecule is CC1(c2ccccc2)NC(=S)N2CCON=C21. The fourth-order valence-electron chi connectivity index (χ4n) is 2.26. The molecule has 0 aliphatic carbocycles. The highest BCUT2D eigenvalue weighted by atomic mass is 32.1. The number of thiocarbonyl (C=S) groups is 1. The van der Waals surface area contributed by atoms with E-state index in [9.17, 15) is 0 Å². The van der Waals surface area contributed by atoms with Crippen molar-refractivity contribution in [3.8, 4) is 0 Å². The minimum atomic E-state index is -0.390. The van der Waals surface area contributed by atoms with Crippen molar-refractivity contribution in [2.45, 2.75) is 12.5 Å². The summed E-state index contributed by atoms with van der Waals surface area (Å²) in [7, 11) is 0. The van der Waals surface area contributed by atoms with Gasteiger partial charge in [0.15, 0.2) is 10.9 Å². The second-order valence-corrected chi connectivity index (χ2v) is 4.71. The zero-order valence-electron chi connectivity index (χ0n) is 9.51. The summed E-state index contributed by atoms with van der Waals surface area (Å²) in [6.45, 7) is 3.41. The van der Waals surface area contributed by atoms with Gasteiger partial charge in [-0.15, -0.1) is 0 Å². The Kier molecular flexibility index (Phi) is 2.29. The van der Waals surface area contributed by atoms with Crippen LogP contribution in [0.4, 0.5) is 0 Å². The lowest BCUT2D eigenvalue weighted by Gasteiger charge is -2.27. The van der Waals surface area contributed by atoms with E-state index in [2.05, 4.69) is 29.5 Å². The second kappa shape index (κ2) is 3.70. The van der Waals surface area contributed by atoms with Gasteiger partial charge in [-0.3, -0.25) is 4.90 Å². The molecule has 1 unspecified atom stereocenters. The maximum absolute atomic E-state index is 5.34. The van der Waals surface area contributed by atoms with E-state index in [4.69, 9.17) is 17.1 Å². The number of benzene rings is 1. The lowest BCUT2D eigenvalue weighted by Crippen LogP contribution is -2.43. The van der Waals surface area contributed by atoms with E-state index in [-0.39, 0.29) is 0 Å². The summed E-state index contributed by atoms with van der Waals surface area (Å²) in [5.74, 6) is 0.847. The van der Waals surface area contributed by atoms with Crippen LogP contribution in [-0.2, 0) is 10.4 Å². The summed E-state index contributed by atoms with van der Waals surface area (Å²) in [5.41, 5.74) is 0.743. The Bertz CT molecular complexity index is 488. The van der Waals surface area contributed by atoms with Crippen LogP contribution in [-0.4, -0.2) is 29.0 Å². The van der Waals surface area contributed by atoms with Crippen molar-refractivity contribution in [3.05, 3.63) is 35.9 Å². The molecule has 4 nitrogen and oxygen atoms in total. The van der Waals surface area contributed by atoms with Crippen LogP contribution < -0.4 is 5.32 Å². The van der Waals surface area contributed by atoms with Crippen LogP contribution >= 0.6 is 12.2 Å². The normalized spacial score (nSPS) is 27.0. The van der Waals surface area contributed by atoms with Gasteiger partial charge in [0, 0.05) is 0 Å². The molecule has 1 saturated heterocycles. The molecule has 2 aliphatic heterocycles. The fourth-order valence-corrected chi connectivity index (χ4v) is 2.64. The molecule has 3 rings (SSSR count). The third-order valence-electron chi connectivity index (χ3n) is 3.21. The Morgan fingerprint density at radius 2 is 2.18 bits per heavy atom. The van der Waals surface area contributed by atoms with E-state index in [1.54, 1.807) is 0 Å². The summed E-state index contributed by atoms with van der Waals surface area (Å²) >= 11 is 5.34. The van der Waals surface area contributed by atoms with E-state index < -0.39 is 5.54 Å². The number of oxime groups is 1. The standard InChI is InChI=1S/C12H13N3OS/c1-12(9-5-3-2-4-6-9)10-14-16-8-7-15(10)11(17)13-12/h2-6H,7-8H2,1H3,(H,13,17). The molecule has 1 N–H and O–H groups in total. The monoisotopic (exact) mass is 247 g/mol. The van der Waals surface area contributed by atoms with Crippen LogP contribution in [0.25, 0.3) is 0 Å². The highest BCUT2D eigenvalue weighted by Crippen LogP contribution is 2.30. The molecule has 5 heteroatoms. The van der Waals surface area contributed by atoms with Crippen molar-refractivity contribution < 1.29 is 4.84 Å². The van der Waals surface area contributed by atoms with Crippen LogP contribution in [0.1, 0.15) is 12.5 Å². The van der Waals surface area contributed by atoms with Gasteiger partial charge in [-0.25, -0.2) is 0 Å². The number of amidine groups is 1. The van der Waals surface area contributed by atoms with Crippen LogP contribution in [0.5, 0.6) is 0 Å². The summed E-state index contributed by atoms with van der Waals surface area (Å²) in [4.78, 5) is 7.20. The topological polar surface area (TPSA) is 36.9 Å². The first-order chi connectivity index (χ1) is 8.22. The molecule has 88 valence electrons. The van der Waals surface area contributed by atoms with Gasteiger partial charge in [-0.1, -0.05) is 35.5 Å². The van der Waals surface area contributed by atoms with Crippen molar-refractivity contribution in [3.63, 3.8) is 0 Å². The summed E-state index contributed by atoms with van der Waals surface area (Å²) < 4.78 is 0. The molecule has 0 bridgehead atoms. The van der Waals surface area contributed by atoms with Crippen LogP contribution in [0.2, 0.25) is 0 Å². The van der Waals surface area contributed by atoms with Crippen molar-refractivity contribution >= 4 is 23.2 Å². The summed E-state index contributed by atoms with van der Waals surface area (Å²) in [5, 5.41) is 8.22. The van der Waals surface area contributed by atoms with Gasteiger partial charge in [0.05, 0.1) is 6.54 Å². The van der Waals surface area contributed by atoms with E-state index in [0.717, 1.165) is 23.1 Å². The van der Waals surface area contributed by atoms with E-state index in [1.807, 2.05) is 23.1 Å². The Morgan fingerprint density at radius 1 is 1.41 bits per heavy atom. The quantitative estimate of drug-likeness (QED) is 0.762. The lowest BCUT2D eigenvalue weighted by atomic mass is 9.91. The van der Waals surface area contributed by atoms with Crippen molar-refractivity contribution in [1.82, 2.24) is 10.2 Å². The van der Waals surface area contributed by atoms with Gasteiger partial charge < -0.3 is 10.2 Å². The summed E-state index contributed by atoms with van der Waals surface area (Å²) in [6.07, 6.45) is 0. The molecule has 0 radical (unpaired) electrons. The van der Waals surface area contributed by atoms with Crippen LogP contribution in [0.15, 0.2) is 35.5 Å². The van der Waals surface area contributed by atoms with Gasteiger partial charge in [0.25, 0.3) is 0 Å². The molecule has 1 fully saturated rings. The largest absolute Gasteiger partial charge is 0.392 e. The van der Waals surface area contributed by atoms with Crippen molar-refractivity contribution in [2.75, 3.05) is 13.2 Å². The van der Waals surface area contributed by atoms with Crippen LogP contribution in [0.3, 0.4) is 0 Å². The van der Waals surface area contributed by atoms with Crippen molar-refractivity contribution in [2.24, 2.45) is 5.16 Å². The van der Waals surface area contributed by atoms with Gasteiger partial charge in [-0.05, 0) is 24.7 Å². The Balaban J connectivity index is 2.09. The van der Waals surface area contributed by atoms with Gasteiger partial charge in [0.1, 0.15) is 12.1 Å². The highest BCUT2D eigenvalue weighted by molar-refractivity contribution is 7.80. The molecule has 0 spiro atoms. The molecule has 2 heterocycles. The Hall–Kier alpha value is -1.62. The van der Waals surface area contributed by atoms with E-state index in [0.29, 0.717) is 6.61 Å². The summed E-state index contributed by atoms with van der Waals surface area (Å²) in [6, 6.07) is 10.2. The average Bonchev–Trinajstić information content (AvgIpc) is 2.65. The maximum Gasteiger partial charge on any atom is 0.180 e. The molecular formula is C12H13N3OS. The molecule has 0 amide bonds. The van der Waals surface area contributed by atoms with E-state index >= 15 is 0 Å². The second-order valence-electron chi connectivity index (χ2n) is 4.32. The third kappa shape index (κ3) is 1.50. The number of hydrogen-bond acceptors (Lipinski definition) is 3. The first-order valence-corrected chi connectivity index (χ1v) is 5.98. The van der Waals surface area contributed by atoms with Gasteiger partial charge >= 0.3 is 0 Å². The van der Waals surface area contributed by atoms with Crippen LogP contribution in [0, 0.1) is 0 Å². The molecule has 1 aromatic carbocycles. The first kappa shape index (κ1) is 10.5. The maximum atomic E-state index is 5.34. The molecule has 1 atom stereocenters. The minimum Gasteiger partial charge on any atom is -0.392 e. The van der Waals surface area contributed by atoms with Crippen molar-refractivity contribution in [1.29, 1.82) is 0 Å². The van der Waals surface area contributed by atoms with Gasteiger partial charge in [0.2, 0.25) is 0 Å². The Morgan fingerprint density at radius 3 is 2.94 bits per heavy atom. The molecule has 17 heavy (non-hydrogen) atoms. The minimum absolute atomic E-state index is 0.390. The first-order valence-electron chi connectivity index (χ1n) is 5.57. The number of nitrogens with zero attached hydrogens (tertiary/aromatic N) is 2. The average molecular weight is 247 g/mol. The molecule has 0 aromatic heterocycles. The smallest absolute Gasteiger partial charge is 0.180 e. The zero-order valence-corrected chi connectivity index (χ0v) is 10.3.